The maximum absolute atomic E-state index is 14.2. The van der Waals surface area contributed by atoms with Gasteiger partial charge in [0.1, 0.15) is 5.69 Å². The van der Waals surface area contributed by atoms with E-state index < -0.39 is 17.3 Å². The lowest BCUT2D eigenvalue weighted by molar-refractivity contribution is 0.0784. The Morgan fingerprint density at radius 1 is 1.03 bits per heavy atom. The minimum absolute atomic E-state index is 0.183. The first kappa shape index (κ1) is 24.5. The van der Waals surface area contributed by atoms with Gasteiger partial charge < -0.3 is 10.0 Å². The van der Waals surface area contributed by atoms with Crippen molar-refractivity contribution in [3.63, 3.8) is 0 Å². The number of rotatable bonds is 6. The Labute approximate surface area is 215 Å². The van der Waals surface area contributed by atoms with Crippen LogP contribution in [-0.4, -0.2) is 48.3 Å². The smallest absolute Gasteiger partial charge is 0.275 e. The molecule has 0 radical (unpaired) electrons. The summed E-state index contributed by atoms with van der Waals surface area (Å²) in [4.78, 5) is 33.9. The summed E-state index contributed by atoms with van der Waals surface area (Å²) in [5.41, 5.74) is 3.31. The molecule has 190 valence electrons. The number of hydrogen-bond donors (Lipinski definition) is 1. The molecule has 1 fully saturated rings. The summed E-state index contributed by atoms with van der Waals surface area (Å²) in [6, 6.07) is 17.7. The van der Waals surface area contributed by atoms with Crippen LogP contribution in [0, 0.1) is 0 Å². The molecule has 5 rings (SSSR count). The summed E-state index contributed by atoms with van der Waals surface area (Å²) in [7, 11) is 1.78. The van der Waals surface area contributed by atoms with Gasteiger partial charge >= 0.3 is 0 Å². The second-order valence-corrected chi connectivity index (χ2v) is 9.43. The van der Waals surface area contributed by atoms with Crippen molar-refractivity contribution in [3.8, 4) is 23.1 Å². The second-order valence-electron chi connectivity index (χ2n) is 9.43. The van der Waals surface area contributed by atoms with E-state index in [1.807, 2.05) is 50.2 Å². The highest BCUT2D eigenvalue weighted by molar-refractivity contribution is 5.96. The van der Waals surface area contributed by atoms with Gasteiger partial charge in [-0.3, -0.25) is 18.8 Å². The fourth-order valence-corrected chi connectivity index (χ4v) is 5.21. The third-order valence-electron chi connectivity index (χ3n) is 7.16. The van der Waals surface area contributed by atoms with Crippen LogP contribution in [0.3, 0.4) is 0 Å². The minimum atomic E-state index is -0.586. The molecule has 8 heteroatoms. The molecule has 2 aromatic carbocycles. The van der Waals surface area contributed by atoms with E-state index in [2.05, 4.69) is 22.2 Å². The van der Waals surface area contributed by atoms with Crippen LogP contribution in [0.5, 0.6) is 5.88 Å². The Hall–Kier alpha value is -4.20. The lowest BCUT2D eigenvalue weighted by Crippen LogP contribution is -2.36. The first-order chi connectivity index (χ1) is 17.9. The van der Waals surface area contributed by atoms with Crippen molar-refractivity contribution in [2.75, 3.05) is 13.1 Å². The highest BCUT2D eigenvalue weighted by Gasteiger charge is 2.33. The Kier molecular flexibility index (Phi) is 6.65. The molecule has 1 amide bonds. The molecule has 3 heterocycles. The number of carbonyl (C=O) groups is 1. The highest BCUT2D eigenvalue weighted by atomic mass is 16.3. The van der Waals surface area contributed by atoms with Gasteiger partial charge in [-0.05, 0) is 42.0 Å². The molecule has 1 atom stereocenters. The van der Waals surface area contributed by atoms with Crippen LogP contribution in [0.25, 0.3) is 17.2 Å². The van der Waals surface area contributed by atoms with Gasteiger partial charge in [-0.2, -0.15) is 10.1 Å². The van der Waals surface area contributed by atoms with E-state index in [4.69, 9.17) is 0 Å². The van der Waals surface area contributed by atoms with Crippen LogP contribution in [0.15, 0.2) is 65.6 Å². The number of aromatic nitrogens is 4. The van der Waals surface area contributed by atoms with Crippen LogP contribution in [0.2, 0.25) is 0 Å². The number of carbonyl (C=O) groups excluding carboxylic acids is 1. The number of aryl methyl sites for hydroxylation is 3. The molecule has 0 saturated carbocycles. The summed E-state index contributed by atoms with van der Waals surface area (Å²) in [6.07, 6.45) is 3.92. The molecule has 0 bridgehead atoms. The number of nitrogens with zero attached hydrogens (tertiary/aromatic N) is 5. The average molecular weight is 498 g/mol. The molecule has 1 N–H and O–H groups in total. The van der Waals surface area contributed by atoms with E-state index in [0.29, 0.717) is 37.3 Å². The Morgan fingerprint density at radius 3 is 2.35 bits per heavy atom. The first-order valence-electron chi connectivity index (χ1n) is 12.7. The first-order valence-corrected chi connectivity index (χ1v) is 12.7. The fourth-order valence-electron chi connectivity index (χ4n) is 5.21. The quantitative estimate of drug-likeness (QED) is 0.433. The standard InChI is InChI=1S/C29H31N5O3/c1-4-19-12-9-13-20(5-2)25(19)34-26(23-15-16-32(3)31-23)30-27(35)24(29(34)37)28(36)33-17-14-22(18-33)21-10-7-6-8-11-21/h6-13,15-16,22,35H,4-5,14,17-18H2,1-3H3/t22-/m1/s1. The SMILES string of the molecule is CCc1cccc(CC)c1-n1c(-c2ccn(C)n2)nc(O)c(C(=O)N2CC[C@@H](c3ccccc3)C2)c1=O. The summed E-state index contributed by atoms with van der Waals surface area (Å²) in [5, 5.41) is 15.4. The predicted molar refractivity (Wildman–Crippen MR) is 142 cm³/mol. The second kappa shape index (κ2) is 10.0. The molecule has 1 aliphatic rings. The topological polar surface area (TPSA) is 93.2 Å². The molecule has 2 aromatic heterocycles. The number of para-hydroxylation sites is 1. The van der Waals surface area contributed by atoms with Gasteiger partial charge in [0.05, 0.1) is 5.69 Å². The third kappa shape index (κ3) is 4.43. The molecule has 37 heavy (non-hydrogen) atoms. The van der Waals surface area contributed by atoms with E-state index in [-0.39, 0.29) is 17.3 Å². The number of amides is 1. The summed E-state index contributed by atoms with van der Waals surface area (Å²) in [6.45, 7) is 5.04. The zero-order chi connectivity index (χ0) is 26.1. The van der Waals surface area contributed by atoms with Gasteiger partial charge in [0.15, 0.2) is 11.4 Å². The summed E-state index contributed by atoms with van der Waals surface area (Å²) < 4.78 is 3.08. The van der Waals surface area contributed by atoms with Crippen molar-refractivity contribution in [3.05, 3.63) is 93.4 Å². The average Bonchev–Trinajstić information content (AvgIpc) is 3.58. The lowest BCUT2D eigenvalue weighted by Gasteiger charge is -2.21. The van der Waals surface area contributed by atoms with Crippen molar-refractivity contribution in [2.45, 2.75) is 39.0 Å². The van der Waals surface area contributed by atoms with Crippen LogP contribution in [0.4, 0.5) is 0 Å². The normalized spacial score (nSPS) is 15.3. The van der Waals surface area contributed by atoms with Crippen molar-refractivity contribution >= 4 is 5.91 Å². The van der Waals surface area contributed by atoms with Crippen molar-refractivity contribution in [2.24, 2.45) is 7.05 Å². The largest absolute Gasteiger partial charge is 0.493 e. The molecule has 8 nitrogen and oxygen atoms in total. The molecule has 1 aliphatic heterocycles. The van der Waals surface area contributed by atoms with Crippen LogP contribution in [-0.2, 0) is 19.9 Å². The maximum Gasteiger partial charge on any atom is 0.275 e. The Balaban J connectivity index is 1.66. The molecular weight excluding hydrogens is 466 g/mol. The van der Waals surface area contributed by atoms with Gasteiger partial charge in [-0.1, -0.05) is 62.4 Å². The molecule has 4 aromatic rings. The number of likely N-dealkylation sites (tertiary alicyclic amines) is 1. The minimum Gasteiger partial charge on any atom is -0.493 e. The molecule has 0 spiro atoms. The Bertz CT molecular complexity index is 1480. The highest BCUT2D eigenvalue weighted by Crippen LogP contribution is 2.31. The Morgan fingerprint density at radius 2 is 1.73 bits per heavy atom. The molecular formula is C29H31N5O3. The summed E-state index contributed by atoms with van der Waals surface area (Å²) >= 11 is 0. The van der Waals surface area contributed by atoms with Crippen molar-refractivity contribution in [1.29, 1.82) is 0 Å². The lowest BCUT2D eigenvalue weighted by atomic mass is 9.99. The van der Waals surface area contributed by atoms with Gasteiger partial charge in [0.25, 0.3) is 11.5 Å². The van der Waals surface area contributed by atoms with E-state index in [1.165, 1.54) is 4.57 Å². The van der Waals surface area contributed by atoms with E-state index >= 15 is 0 Å². The van der Waals surface area contributed by atoms with Gasteiger partial charge in [0, 0.05) is 32.3 Å². The number of hydrogen-bond acceptors (Lipinski definition) is 5. The maximum atomic E-state index is 14.2. The van der Waals surface area contributed by atoms with Gasteiger partial charge in [-0.15, -0.1) is 0 Å². The summed E-state index contributed by atoms with van der Waals surface area (Å²) in [5.74, 6) is -0.675. The molecule has 1 saturated heterocycles. The number of aromatic hydroxyl groups is 1. The zero-order valence-electron chi connectivity index (χ0n) is 21.4. The van der Waals surface area contributed by atoms with Crippen LogP contribution in [0.1, 0.15) is 53.2 Å². The van der Waals surface area contributed by atoms with Crippen molar-refractivity contribution in [1.82, 2.24) is 24.2 Å². The van der Waals surface area contributed by atoms with Crippen molar-refractivity contribution < 1.29 is 9.90 Å². The van der Waals surface area contributed by atoms with Gasteiger partial charge in [0.2, 0.25) is 5.88 Å². The van der Waals surface area contributed by atoms with Gasteiger partial charge in [-0.25, -0.2) is 0 Å². The van der Waals surface area contributed by atoms with E-state index in [9.17, 15) is 14.7 Å². The molecule has 0 unspecified atom stereocenters. The van der Waals surface area contributed by atoms with Crippen LogP contribution >= 0.6 is 0 Å². The van der Waals surface area contributed by atoms with E-state index in [0.717, 1.165) is 23.1 Å². The monoisotopic (exact) mass is 497 g/mol. The van der Waals surface area contributed by atoms with Crippen LogP contribution < -0.4 is 5.56 Å². The fraction of sp³-hybridized carbons (Fsp3) is 0.310. The molecule has 0 aliphatic carbocycles. The third-order valence-corrected chi connectivity index (χ3v) is 7.16. The zero-order valence-corrected chi connectivity index (χ0v) is 21.4. The van der Waals surface area contributed by atoms with E-state index in [1.54, 1.807) is 28.9 Å². The predicted octanol–water partition coefficient (Wildman–Crippen LogP) is 4.09. The number of benzene rings is 2.